The molecule has 3 nitrogen and oxygen atoms in total. The highest BCUT2D eigenvalue weighted by molar-refractivity contribution is 6.69. The molecule has 0 aliphatic heterocycles. The molecule has 27 heavy (non-hydrogen) atoms. The molecule has 1 aliphatic rings. The van der Waals surface area contributed by atoms with Gasteiger partial charge in [0.15, 0.2) is 13.9 Å². The van der Waals surface area contributed by atoms with Crippen LogP contribution in [0.2, 0.25) is 19.6 Å². The largest absolute Gasteiger partial charge is 0.456 e. The summed E-state index contributed by atoms with van der Waals surface area (Å²) in [7, 11) is -1.96. The molecule has 0 bridgehead atoms. The summed E-state index contributed by atoms with van der Waals surface area (Å²) >= 11 is 0. The Bertz CT molecular complexity index is 688. The van der Waals surface area contributed by atoms with Crippen LogP contribution in [0.5, 0.6) is 0 Å². The predicted molar refractivity (Wildman–Crippen MR) is 113 cm³/mol. The van der Waals surface area contributed by atoms with Crippen LogP contribution in [0.25, 0.3) is 0 Å². The van der Waals surface area contributed by atoms with Gasteiger partial charge in [-0.15, -0.1) is 0 Å². The molecule has 1 fully saturated rings. The van der Waals surface area contributed by atoms with Gasteiger partial charge >= 0.3 is 5.97 Å². The molecule has 0 heterocycles. The zero-order valence-electron chi connectivity index (χ0n) is 17.1. The second kappa shape index (κ2) is 9.92. The maximum atomic E-state index is 11.9. The molecule has 1 aromatic carbocycles. The highest BCUT2D eigenvalue weighted by Gasteiger charge is 2.34. The van der Waals surface area contributed by atoms with Crippen molar-refractivity contribution in [2.24, 2.45) is 5.92 Å². The van der Waals surface area contributed by atoms with Crippen molar-refractivity contribution in [2.45, 2.75) is 64.3 Å². The second-order valence-electron chi connectivity index (χ2n) is 8.04. The summed E-state index contributed by atoms with van der Waals surface area (Å²) in [4.78, 5) is 11.9. The van der Waals surface area contributed by atoms with Crippen LogP contribution in [-0.4, -0.2) is 20.9 Å². The lowest BCUT2D eigenvalue weighted by Crippen LogP contribution is -2.39. The first-order valence-electron chi connectivity index (χ1n) is 9.99. The first kappa shape index (κ1) is 21.5. The van der Waals surface area contributed by atoms with E-state index in [2.05, 4.69) is 43.6 Å². The number of carbonyl (C=O) groups excluding carboxylic acids is 1. The van der Waals surface area contributed by atoms with Gasteiger partial charge in [0.25, 0.3) is 0 Å². The Morgan fingerprint density at radius 1 is 1.19 bits per heavy atom. The van der Waals surface area contributed by atoms with Crippen LogP contribution in [0.1, 0.15) is 44.6 Å². The molecule has 0 aromatic heterocycles. The second-order valence-corrected chi connectivity index (χ2v) is 12.5. The lowest BCUT2D eigenvalue weighted by molar-refractivity contribution is -0.136. The Morgan fingerprint density at radius 3 is 2.44 bits per heavy atom. The topological polar surface area (TPSA) is 35.5 Å². The fourth-order valence-corrected chi connectivity index (χ4v) is 4.61. The third-order valence-electron chi connectivity index (χ3n) is 4.55. The summed E-state index contributed by atoms with van der Waals surface area (Å²) in [5.41, 5.74) is 0.0342. The van der Waals surface area contributed by atoms with Crippen LogP contribution in [0.4, 0.5) is 0 Å². The van der Waals surface area contributed by atoms with Gasteiger partial charge in [0.2, 0.25) is 0 Å². The molecule has 146 valence electrons. The molecule has 4 heteroatoms. The van der Waals surface area contributed by atoms with Crippen LogP contribution < -0.4 is 0 Å². The highest BCUT2D eigenvalue weighted by atomic mass is 28.4. The monoisotopic (exact) mass is 384 g/mol. The number of ether oxygens (including phenoxy) is 1. The third kappa shape index (κ3) is 7.01. The van der Waals surface area contributed by atoms with E-state index in [0.29, 0.717) is 12.5 Å². The zero-order valence-corrected chi connectivity index (χ0v) is 18.1. The van der Waals surface area contributed by atoms with E-state index in [4.69, 9.17) is 9.16 Å². The number of allylic oxidation sites excluding steroid dienone is 1. The normalized spacial score (nSPS) is 17.8. The van der Waals surface area contributed by atoms with E-state index in [0.717, 1.165) is 5.56 Å². The molecule has 0 amide bonds. The van der Waals surface area contributed by atoms with Crippen molar-refractivity contribution in [3.63, 3.8) is 0 Å². The summed E-state index contributed by atoms with van der Waals surface area (Å²) < 4.78 is 11.6. The Labute approximate surface area is 165 Å². The van der Waals surface area contributed by atoms with Gasteiger partial charge in [0, 0.05) is 5.92 Å². The third-order valence-corrected chi connectivity index (χ3v) is 5.48. The smallest absolute Gasteiger partial charge is 0.384 e. The van der Waals surface area contributed by atoms with Crippen molar-refractivity contribution in [2.75, 3.05) is 6.61 Å². The Morgan fingerprint density at radius 2 is 1.85 bits per heavy atom. The van der Waals surface area contributed by atoms with Crippen molar-refractivity contribution >= 4 is 14.3 Å². The van der Waals surface area contributed by atoms with Crippen LogP contribution in [0, 0.1) is 17.8 Å². The lowest BCUT2D eigenvalue weighted by atomic mass is 9.86. The minimum absolute atomic E-state index is 0.318. The highest BCUT2D eigenvalue weighted by Crippen LogP contribution is 2.33. The van der Waals surface area contributed by atoms with Gasteiger partial charge in [-0.1, -0.05) is 55.7 Å². The minimum atomic E-state index is -1.96. The Hall–Kier alpha value is -1.83. The number of benzene rings is 1. The average molecular weight is 385 g/mol. The van der Waals surface area contributed by atoms with Crippen LogP contribution in [-0.2, 0) is 19.6 Å². The van der Waals surface area contributed by atoms with E-state index in [1.165, 1.54) is 32.1 Å². The average Bonchev–Trinajstić information content (AvgIpc) is 2.65. The molecule has 0 N–H and O–H groups in total. The lowest BCUT2D eigenvalue weighted by Gasteiger charge is -2.34. The quantitative estimate of drug-likeness (QED) is 0.215. The molecule has 0 radical (unpaired) electrons. The maximum Gasteiger partial charge on any atom is 0.384 e. The van der Waals surface area contributed by atoms with Crippen molar-refractivity contribution in [3.05, 3.63) is 48.0 Å². The minimum Gasteiger partial charge on any atom is -0.456 e. The standard InChI is InChI=1S/C23H32O3Si/c1-5-25-22(24)17-19-23(26-27(2,3)4,21-14-10-7-11-15-21)18-16-20-12-8-6-9-13-20/h7,10-11,14-16,18,20H,5-6,8-9,12-13H2,1-4H3/b18-16+. The molecular formula is C23H32O3Si. The molecule has 1 saturated carbocycles. The van der Waals surface area contributed by atoms with Crippen molar-refractivity contribution in [3.8, 4) is 11.8 Å². The van der Waals surface area contributed by atoms with Gasteiger partial charge in [0.1, 0.15) is 0 Å². The van der Waals surface area contributed by atoms with Crippen LogP contribution in [0.3, 0.4) is 0 Å². The van der Waals surface area contributed by atoms with E-state index in [1.54, 1.807) is 6.92 Å². The summed E-state index contributed by atoms with van der Waals surface area (Å²) in [6.07, 6.45) is 10.6. The number of hydrogen-bond acceptors (Lipinski definition) is 3. The first-order chi connectivity index (χ1) is 12.8. The van der Waals surface area contributed by atoms with Gasteiger partial charge in [-0.2, -0.15) is 0 Å². The molecule has 1 aliphatic carbocycles. The van der Waals surface area contributed by atoms with Gasteiger partial charge in [0.05, 0.1) is 6.61 Å². The van der Waals surface area contributed by atoms with E-state index in [1.807, 2.05) is 30.3 Å². The molecular weight excluding hydrogens is 352 g/mol. The number of esters is 1. The predicted octanol–water partition coefficient (Wildman–Crippen LogP) is 5.44. The first-order valence-corrected chi connectivity index (χ1v) is 13.4. The molecule has 1 atom stereocenters. The van der Waals surface area contributed by atoms with E-state index < -0.39 is 19.9 Å². The van der Waals surface area contributed by atoms with Crippen molar-refractivity contribution in [1.82, 2.24) is 0 Å². The number of rotatable bonds is 6. The molecule has 1 unspecified atom stereocenters. The summed E-state index contributed by atoms with van der Waals surface area (Å²) in [6.45, 7) is 8.53. The Balaban J connectivity index is 2.47. The molecule has 0 saturated heterocycles. The van der Waals surface area contributed by atoms with Crippen LogP contribution in [0.15, 0.2) is 42.5 Å². The molecule has 0 spiro atoms. The summed E-state index contributed by atoms with van der Waals surface area (Å²) in [5, 5.41) is 0. The molecule has 1 aromatic rings. The maximum absolute atomic E-state index is 11.9. The van der Waals surface area contributed by atoms with Crippen molar-refractivity contribution in [1.29, 1.82) is 0 Å². The Kier molecular flexibility index (Phi) is 7.88. The van der Waals surface area contributed by atoms with Gasteiger partial charge in [-0.3, -0.25) is 0 Å². The fourth-order valence-electron chi connectivity index (χ4n) is 3.41. The van der Waals surface area contributed by atoms with E-state index in [9.17, 15) is 4.79 Å². The van der Waals surface area contributed by atoms with Gasteiger partial charge < -0.3 is 9.16 Å². The van der Waals surface area contributed by atoms with E-state index >= 15 is 0 Å². The number of carbonyl (C=O) groups is 1. The zero-order chi connectivity index (χ0) is 19.8. The van der Waals surface area contributed by atoms with E-state index in [-0.39, 0.29) is 0 Å². The van der Waals surface area contributed by atoms with Crippen molar-refractivity contribution < 1.29 is 14.0 Å². The van der Waals surface area contributed by atoms with Gasteiger partial charge in [-0.05, 0) is 62.9 Å². The van der Waals surface area contributed by atoms with Crippen LogP contribution >= 0.6 is 0 Å². The molecule has 2 rings (SSSR count). The summed E-state index contributed by atoms with van der Waals surface area (Å²) in [6, 6.07) is 9.99. The summed E-state index contributed by atoms with van der Waals surface area (Å²) in [5.74, 6) is 5.84. The SMILES string of the molecule is CCOC(=O)C#CC(/C=C/C1CCCCC1)(O[Si](C)(C)C)c1ccccc1. The number of hydrogen-bond donors (Lipinski definition) is 0. The fraction of sp³-hybridized carbons (Fsp3) is 0.522. The van der Waals surface area contributed by atoms with Gasteiger partial charge in [-0.25, -0.2) is 4.79 Å².